The summed E-state index contributed by atoms with van der Waals surface area (Å²) in [7, 11) is 0. The highest BCUT2D eigenvalue weighted by atomic mass is 16.7. The smallest absolute Gasteiger partial charge is 0.231 e. The Morgan fingerprint density at radius 1 is 0.889 bits per heavy atom. The third-order valence-corrected chi connectivity index (χ3v) is 4.53. The second-order valence-electron chi connectivity index (χ2n) is 6.37. The van der Waals surface area contributed by atoms with E-state index < -0.39 is 0 Å². The van der Waals surface area contributed by atoms with Gasteiger partial charge in [0.1, 0.15) is 12.4 Å². The number of rotatable bonds is 7. The van der Waals surface area contributed by atoms with E-state index in [9.17, 15) is 4.79 Å². The Hall–Kier alpha value is -3.27. The Balaban J connectivity index is 1.40. The highest BCUT2D eigenvalue weighted by Gasteiger charge is 2.16. The predicted molar refractivity (Wildman–Crippen MR) is 102 cm³/mol. The Labute approximate surface area is 158 Å². The summed E-state index contributed by atoms with van der Waals surface area (Å²) in [6.07, 6.45) is 1.03. The van der Waals surface area contributed by atoms with Gasteiger partial charge in [0.05, 0.1) is 0 Å². The van der Waals surface area contributed by atoms with Crippen LogP contribution in [-0.2, 0) is 13.0 Å². The van der Waals surface area contributed by atoms with Crippen molar-refractivity contribution in [1.82, 2.24) is 0 Å². The van der Waals surface area contributed by atoms with E-state index >= 15 is 0 Å². The van der Waals surface area contributed by atoms with Crippen molar-refractivity contribution in [2.24, 2.45) is 0 Å². The van der Waals surface area contributed by atoms with Crippen molar-refractivity contribution in [3.63, 3.8) is 0 Å². The van der Waals surface area contributed by atoms with Crippen LogP contribution in [0.25, 0.3) is 0 Å². The number of ketones is 1. The molecule has 3 aromatic carbocycles. The molecule has 0 saturated carbocycles. The zero-order valence-electron chi connectivity index (χ0n) is 14.9. The molecule has 1 heterocycles. The molecule has 0 saturated heterocycles. The van der Waals surface area contributed by atoms with Crippen LogP contribution in [0.15, 0.2) is 72.8 Å². The fraction of sp³-hybridized carbons (Fsp3) is 0.174. The van der Waals surface area contributed by atoms with E-state index in [1.54, 1.807) is 18.2 Å². The lowest BCUT2D eigenvalue weighted by Gasteiger charge is -2.11. The third kappa shape index (κ3) is 4.11. The minimum absolute atomic E-state index is 0.0752. The van der Waals surface area contributed by atoms with Gasteiger partial charge in [-0.05, 0) is 41.8 Å². The first-order chi connectivity index (χ1) is 13.3. The van der Waals surface area contributed by atoms with Crippen molar-refractivity contribution in [2.45, 2.75) is 19.4 Å². The monoisotopic (exact) mass is 360 g/mol. The first kappa shape index (κ1) is 17.2. The first-order valence-electron chi connectivity index (χ1n) is 8.97. The van der Waals surface area contributed by atoms with Gasteiger partial charge in [-0.25, -0.2) is 0 Å². The maximum atomic E-state index is 12.6. The normalized spacial score (nSPS) is 12.0. The predicted octanol–water partition coefficient (Wildman–Crippen LogP) is 4.81. The number of ether oxygens (including phenoxy) is 3. The number of para-hydroxylation sites is 1. The molecule has 0 amide bonds. The van der Waals surface area contributed by atoms with E-state index in [1.165, 1.54) is 0 Å². The van der Waals surface area contributed by atoms with E-state index in [2.05, 4.69) is 0 Å². The molecule has 0 bridgehead atoms. The molecular formula is C23H20O4. The Morgan fingerprint density at radius 3 is 2.56 bits per heavy atom. The molecular weight excluding hydrogens is 340 g/mol. The van der Waals surface area contributed by atoms with Gasteiger partial charge in [-0.3, -0.25) is 4.79 Å². The number of aryl methyl sites for hydroxylation is 1. The molecule has 0 fully saturated rings. The van der Waals surface area contributed by atoms with Crippen LogP contribution in [0.5, 0.6) is 17.2 Å². The first-order valence-corrected chi connectivity index (χ1v) is 8.97. The Bertz CT molecular complexity index is 934. The number of hydrogen-bond acceptors (Lipinski definition) is 4. The van der Waals surface area contributed by atoms with Crippen LogP contribution in [0.4, 0.5) is 0 Å². The number of carbonyl (C=O) groups is 1. The second-order valence-corrected chi connectivity index (χ2v) is 6.37. The molecule has 0 unspecified atom stereocenters. The second kappa shape index (κ2) is 7.96. The summed E-state index contributed by atoms with van der Waals surface area (Å²) in [5.74, 6) is 2.21. The molecule has 0 radical (unpaired) electrons. The van der Waals surface area contributed by atoms with Gasteiger partial charge in [0, 0.05) is 12.0 Å². The van der Waals surface area contributed by atoms with Crippen LogP contribution in [-0.4, -0.2) is 12.6 Å². The molecule has 3 aromatic rings. The van der Waals surface area contributed by atoms with Gasteiger partial charge in [0.2, 0.25) is 6.79 Å². The standard InChI is InChI=1S/C23H20O4/c24-20(19-11-13-22-23(14-19)27-16-26-22)12-10-18-8-4-5-9-21(18)25-15-17-6-2-1-3-7-17/h1-9,11,13-14H,10,12,15-16H2. The molecule has 4 heteroatoms. The van der Waals surface area contributed by atoms with E-state index in [0.717, 1.165) is 16.9 Å². The lowest BCUT2D eigenvalue weighted by Crippen LogP contribution is -2.03. The molecule has 0 spiro atoms. The van der Waals surface area contributed by atoms with E-state index in [0.29, 0.717) is 36.5 Å². The molecule has 1 aliphatic rings. The molecule has 0 N–H and O–H groups in total. The SMILES string of the molecule is O=C(CCc1ccccc1OCc1ccccc1)c1ccc2c(c1)OCO2. The minimum Gasteiger partial charge on any atom is -0.489 e. The van der Waals surface area contributed by atoms with Crippen LogP contribution in [0, 0.1) is 0 Å². The number of Topliss-reactive ketones (excluding diaryl/α,β-unsaturated/α-hetero) is 1. The van der Waals surface area contributed by atoms with Crippen LogP contribution in [0.3, 0.4) is 0 Å². The highest BCUT2D eigenvalue weighted by Crippen LogP contribution is 2.33. The molecule has 27 heavy (non-hydrogen) atoms. The van der Waals surface area contributed by atoms with Crippen LogP contribution < -0.4 is 14.2 Å². The zero-order valence-corrected chi connectivity index (χ0v) is 14.9. The number of hydrogen-bond donors (Lipinski definition) is 0. The number of benzene rings is 3. The van der Waals surface area contributed by atoms with E-state index in [-0.39, 0.29) is 12.6 Å². The van der Waals surface area contributed by atoms with Gasteiger partial charge in [-0.2, -0.15) is 0 Å². The summed E-state index contributed by atoms with van der Waals surface area (Å²) in [4.78, 5) is 12.6. The molecule has 136 valence electrons. The largest absolute Gasteiger partial charge is 0.489 e. The Kier molecular flexibility index (Phi) is 5.06. The molecule has 4 rings (SSSR count). The van der Waals surface area contributed by atoms with Gasteiger partial charge in [0.25, 0.3) is 0 Å². The molecule has 4 nitrogen and oxygen atoms in total. The number of fused-ring (bicyclic) bond motifs is 1. The van der Waals surface area contributed by atoms with Gasteiger partial charge in [0.15, 0.2) is 17.3 Å². The molecule has 0 aromatic heterocycles. The summed E-state index contributed by atoms with van der Waals surface area (Å²) in [5.41, 5.74) is 2.79. The summed E-state index contributed by atoms with van der Waals surface area (Å²) >= 11 is 0. The lowest BCUT2D eigenvalue weighted by molar-refractivity contribution is 0.0982. The van der Waals surface area contributed by atoms with Crippen LogP contribution >= 0.6 is 0 Å². The van der Waals surface area contributed by atoms with Crippen molar-refractivity contribution in [2.75, 3.05) is 6.79 Å². The maximum absolute atomic E-state index is 12.6. The quantitative estimate of drug-likeness (QED) is 0.567. The van der Waals surface area contributed by atoms with Crippen molar-refractivity contribution < 1.29 is 19.0 Å². The minimum atomic E-state index is 0.0752. The van der Waals surface area contributed by atoms with Crippen LogP contribution in [0.1, 0.15) is 27.9 Å². The third-order valence-electron chi connectivity index (χ3n) is 4.53. The maximum Gasteiger partial charge on any atom is 0.231 e. The van der Waals surface area contributed by atoms with Gasteiger partial charge in [-0.15, -0.1) is 0 Å². The summed E-state index contributed by atoms with van der Waals surface area (Å²) < 4.78 is 16.6. The number of carbonyl (C=O) groups excluding carboxylic acids is 1. The van der Waals surface area contributed by atoms with Gasteiger partial charge < -0.3 is 14.2 Å². The molecule has 1 aliphatic heterocycles. The van der Waals surface area contributed by atoms with E-state index in [1.807, 2.05) is 54.6 Å². The fourth-order valence-electron chi connectivity index (χ4n) is 3.05. The Morgan fingerprint density at radius 2 is 1.67 bits per heavy atom. The summed E-state index contributed by atoms with van der Waals surface area (Å²) in [5, 5.41) is 0. The average Bonchev–Trinajstić information content (AvgIpc) is 3.19. The molecule has 0 aliphatic carbocycles. The summed E-state index contributed by atoms with van der Waals surface area (Å²) in [6.45, 7) is 0.715. The lowest BCUT2D eigenvalue weighted by atomic mass is 10.0. The van der Waals surface area contributed by atoms with Gasteiger partial charge in [-0.1, -0.05) is 48.5 Å². The zero-order chi connectivity index (χ0) is 18.5. The fourth-order valence-corrected chi connectivity index (χ4v) is 3.05. The summed E-state index contributed by atoms with van der Waals surface area (Å²) in [6, 6.07) is 23.2. The topological polar surface area (TPSA) is 44.8 Å². The highest BCUT2D eigenvalue weighted by molar-refractivity contribution is 5.96. The average molecular weight is 360 g/mol. The van der Waals surface area contributed by atoms with Crippen molar-refractivity contribution in [1.29, 1.82) is 0 Å². The van der Waals surface area contributed by atoms with Crippen LogP contribution in [0.2, 0.25) is 0 Å². The van der Waals surface area contributed by atoms with Crippen molar-refractivity contribution >= 4 is 5.78 Å². The molecule has 0 atom stereocenters. The van der Waals surface area contributed by atoms with Crippen molar-refractivity contribution in [3.8, 4) is 17.2 Å². The van der Waals surface area contributed by atoms with Crippen molar-refractivity contribution in [3.05, 3.63) is 89.5 Å². The van der Waals surface area contributed by atoms with E-state index in [4.69, 9.17) is 14.2 Å². The van der Waals surface area contributed by atoms with Gasteiger partial charge >= 0.3 is 0 Å².